The maximum absolute atomic E-state index is 6.70. The van der Waals surface area contributed by atoms with Crippen LogP contribution in [-0.2, 0) is 5.41 Å². The number of nitrogens with zero attached hydrogens (tertiary/aromatic N) is 2. The van der Waals surface area contributed by atoms with Crippen LogP contribution in [0, 0.1) is 0 Å². The summed E-state index contributed by atoms with van der Waals surface area (Å²) < 4.78 is 11.7. The molecule has 0 spiro atoms. The van der Waals surface area contributed by atoms with E-state index in [0.717, 1.165) is 17.2 Å². The monoisotopic (exact) mass is 640 g/mol. The number of ether oxygens (including phenoxy) is 1. The van der Waals surface area contributed by atoms with Crippen molar-refractivity contribution in [1.82, 2.24) is 9.13 Å². The highest BCUT2D eigenvalue weighted by molar-refractivity contribution is 6.99. The van der Waals surface area contributed by atoms with Crippen LogP contribution in [0.25, 0.3) is 66.1 Å². The standard InChI is InChI=1S/C46H33BN2O/c1-46(2,3)29-23-21-28(22-24-29)41-43-33(31-15-7-10-18-37(31)48(43)30-13-5-4-6-14-30)27-34-32-25-26-40-42-45(32)49(44(34)41)38-19-11-8-16-35(38)47(42)36-17-9-12-20-39(36)50-40/h4-27H,1-3H3. The van der Waals surface area contributed by atoms with Gasteiger partial charge in [-0.3, -0.25) is 0 Å². The van der Waals surface area contributed by atoms with Crippen molar-refractivity contribution in [1.29, 1.82) is 0 Å². The van der Waals surface area contributed by atoms with Gasteiger partial charge in [-0.25, -0.2) is 0 Å². The Labute approximate surface area is 291 Å². The lowest BCUT2D eigenvalue weighted by molar-refractivity contribution is 0.488. The van der Waals surface area contributed by atoms with Crippen LogP contribution in [0.5, 0.6) is 11.5 Å². The normalized spacial score (nSPS) is 13.2. The Hall–Kier alpha value is -6.00. The van der Waals surface area contributed by atoms with E-state index in [2.05, 4.69) is 175 Å². The third-order valence-corrected chi connectivity index (χ3v) is 11.1. The lowest BCUT2D eigenvalue weighted by atomic mass is 9.34. The summed E-state index contributed by atoms with van der Waals surface area (Å²) in [6, 6.07) is 53.6. The minimum absolute atomic E-state index is 0.0534. The first kappa shape index (κ1) is 27.9. The largest absolute Gasteiger partial charge is 0.458 e. The number of fused-ring (bicyclic) bond motifs is 11. The summed E-state index contributed by atoms with van der Waals surface area (Å²) in [5.74, 6) is 1.89. The van der Waals surface area contributed by atoms with E-state index in [1.807, 2.05) is 0 Å². The molecule has 0 fully saturated rings. The molecule has 236 valence electrons. The first-order chi connectivity index (χ1) is 24.5. The predicted molar refractivity (Wildman–Crippen MR) is 210 cm³/mol. The first-order valence-electron chi connectivity index (χ1n) is 17.6. The minimum Gasteiger partial charge on any atom is -0.458 e. The fourth-order valence-corrected chi connectivity index (χ4v) is 8.92. The third-order valence-electron chi connectivity index (χ3n) is 11.1. The van der Waals surface area contributed by atoms with E-state index in [1.54, 1.807) is 0 Å². The maximum atomic E-state index is 6.70. The van der Waals surface area contributed by atoms with Crippen LogP contribution >= 0.6 is 0 Å². The van der Waals surface area contributed by atoms with Crippen molar-refractivity contribution in [2.75, 3.05) is 0 Å². The van der Waals surface area contributed by atoms with Gasteiger partial charge >= 0.3 is 0 Å². The number of benzene rings is 7. The molecule has 0 N–H and O–H groups in total. The van der Waals surface area contributed by atoms with Gasteiger partial charge in [0.15, 0.2) is 0 Å². The van der Waals surface area contributed by atoms with Gasteiger partial charge < -0.3 is 13.9 Å². The number of para-hydroxylation sites is 4. The molecule has 0 unspecified atom stereocenters. The maximum Gasteiger partial charge on any atom is 0.256 e. The second kappa shape index (κ2) is 9.80. The SMILES string of the molecule is CC(C)(C)c1ccc(-c2c3c(cc4c5ccc6c7c5n(c24)-c2ccccc2B7c2ccccc2O6)c2ccccc2n3-c2ccccc2)cc1. The molecule has 0 amide bonds. The van der Waals surface area contributed by atoms with E-state index in [0.29, 0.717) is 0 Å². The molecular weight excluding hydrogens is 607 g/mol. The number of hydrogen-bond acceptors (Lipinski definition) is 1. The fourth-order valence-electron chi connectivity index (χ4n) is 8.92. The molecule has 4 heteroatoms. The number of rotatable bonds is 2. The van der Waals surface area contributed by atoms with Crippen LogP contribution in [0.1, 0.15) is 26.3 Å². The lowest BCUT2D eigenvalue weighted by Crippen LogP contribution is -2.58. The molecule has 0 radical (unpaired) electrons. The summed E-state index contributed by atoms with van der Waals surface area (Å²) in [6.07, 6.45) is 0. The molecule has 3 nitrogen and oxygen atoms in total. The average Bonchev–Trinajstić information content (AvgIpc) is 3.66. The van der Waals surface area contributed by atoms with Gasteiger partial charge in [0, 0.05) is 38.5 Å². The van der Waals surface area contributed by atoms with E-state index < -0.39 is 0 Å². The summed E-state index contributed by atoms with van der Waals surface area (Å²) in [7, 11) is 0. The van der Waals surface area contributed by atoms with Crippen molar-refractivity contribution in [3.05, 3.63) is 151 Å². The fraction of sp³-hybridized carbons (Fsp3) is 0.0870. The average molecular weight is 641 g/mol. The zero-order valence-electron chi connectivity index (χ0n) is 28.2. The summed E-state index contributed by atoms with van der Waals surface area (Å²) in [6.45, 7) is 6.95. The molecule has 0 bridgehead atoms. The van der Waals surface area contributed by atoms with Crippen LogP contribution in [0.3, 0.4) is 0 Å². The zero-order valence-corrected chi connectivity index (χ0v) is 28.2. The second-order valence-corrected chi connectivity index (χ2v) is 14.9. The van der Waals surface area contributed by atoms with E-state index in [-0.39, 0.29) is 12.1 Å². The van der Waals surface area contributed by atoms with Gasteiger partial charge in [-0.05, 0) is 81.5 Å². The Morgan fingerprint density at radius 1 is 0.520 bits per heavy atom. The molecule has 0 saturated heterocycles. The summed E-state index contributed by atoms with van der Waals surface area (Å²) in [5.41, 5.74) is 14.9. The van der Waals surface area contributed by atoms with Gasteiger partial charge in [0.2, 0.25) is 0 Å². The van der Waals surface area contributed by atoms with E-state index in [1.165, 1.54) is 82.4 Å². The summed E-state index contributed by atoms with van der Waals surface area (Å²) >= 11 is 0. The van der Waals surface area contributed by atoms with Crippen molar-refractivity contribution in [3.63, 3.8) is 0 Å². The smallest absolute Gasteiger partial charge is 0.256 e. The van der Waals surface area contributed by atoms with Crippen molar-refractivity contribution < 1.29 is 4.74 Å². The highest BCUT2D eigenvalue weighted by Crippen LogP contribution is 2.48. The Morgan fingerprint density at radius 3 is 2.02 bits per heavy atom. The van der Waals surface area contributed by atoms with E-state index >= 15 is 0 Å². The summed E-state index contributed by atoms with van der Waals surface area (Å²) in [5, 5.41) is 5.03. The topological polar surface area (TPSA) is 19.1 Å². The Balaban J connectivity index is 1.39. The van der Waals surface area contributed by atoms with Gasteiger partial charge in [0.1, 0.15) is 11.5 Å². The molecule has 0 saturated carbocycles. The van der Waals surface area contributed by atoms with Crippen LogP contribution in [0.2, 0.25) is 0 Å². The zero-order chi connectivity index (χ0) is 33.3. The molecule has 4 heterocycles. The summed E-state index contributed by atoms with van der Waals surface area (Å²) in [4.78, 5) is 0. The molecule has 7 aromatic carbocycles. The van der Waals surface area contributed by atoms with Crippen molar-refractivity contribution >= 4 is 66.7 Å². The van der Waals surface area contributed by atoms with Crippen molar-refractivity contribution in [2.45, 2.75) is 26.2 Å². The van der Waals surface area contributed by atoms with Crippen LogP contribution in [0.15, 0.2) is 146 Å². The highest BCUT2D eigenvalue weighted by atomic mass is 16.5. The Kier molecular flexibility index (Phi) is 5.47. The number of hydrogen-bond donors (Lipinski definition) is 0. The van der Waals surface area contributed by atoms with Crippen LogP contribution in [0.4, 0.5) is 0 Å². The molecule has 0 aliphatic carbocycles. The Bertz CT molecular complexity index is 2870. The van der Waals surface area contributed by atoms with Crippen LogP contribution < -0.4 is 21.1 Å². The molecule has 2 aliphatic heterocycles. The van der Waals surface area contributed by atoms with Gasteiger partial charge in [-0.15, -0.1) is 0 Å². The molecule has 9 aromatic rings. The quantitative estimate of drug-likeness (QED) is 0.172. The van der Waals surface area contributed by atoms with Crippen LogP contribution in [-0.4, -0.2) is 15.8 Å². The second-order valence-electron chi connectivity index (χ2n) is 14.9. The highest BCUT2D eigenvalue weighted by Gasteiger charge is 2.41. The van der Waals surface area contributed by atoms with Gasteiger partial charge in [-0.1, -0.05) is 118 Å². The van der Waals surface area contributed by atoms with Gasteiger partial charge in [0.05, 0.1) is 22.1 Å². The molecule has 2 aromatic heterocycles. The molecular formula is C46H33BN2O. The van der Waals surface area contributed by atoms with E-state index in [9.17, 15) is 0 Å². The number of aromatic nitrogens is 2. The van der Waals surface area contributed by atoms with Gasteiger partial charge in [0.25, 0.3) is 6.71 Å². The minimum atomic E-state index is 0.0534. The molecule has 11 rings (SSSR count). The molecule has 0 atom stereocenters. The van der Waals surface area contributed by atoms with Crippen molar-refractivity contribution in [2.24, 2.45) is 0 Å². The molecule has 50 heavy (non-hydrogen) atoms. The third kappa shape index (κ3) is 3.60. The lowest BCUT2D eigenvalue weighted by Gasteiger charge is -2.32. The van der Waals surface area contributed by atoms with Gasteiger partial charge in [-0.2, -0.15) is 0 Å². The van der Waals surface area contributed by atoms with E-state index in [4.69, 9.17) is 4.74 Å². The van der Waals surface area contributed by atoms with Crippen molar-refractivity contribution in [3.8, 4) is 34.0 Å². The first-order valence-corrected chi connectivity index (χ1v) is 17.6. The molecule has 2 aliphatic rings. The Morgan fingerprint density at radius 2 is 1.20 bits per heavy atom. The predicted octanol–water partition coefficient (Wildman–Crippen LogP) is 9.78.